The van der Waals surface area contributed by atoms with E-state index in [9.17, 15) is 8.42 Å². The van der Waals surface area contributed by atoms with Crippen LogP contribution < -0.4 is 10.5 Å². The summed E-state index contributed by atoms with van der Waals surface area (Å²) in [5.41, 5.74) is 5.46. The van der Waals surface area contributed by atoms with Gasteiger partial charge in [-0.1, -0.05) is 11.6 Å². The number of sulfonamides is 1. The molecule has 5 nitrogen and oxygen atoms in total. The normalized spacial score (nSPS) is 23.7. The van der Waals surface area contributed by atoms with Crippen molar-refractivity contribution in [2.45, 2.75) is 29.4 Å². The second-order valence-electron chi connectivity index (χ2n) is 4.76. The molecule has 1 aromatic heterocycles. The van der Waals surface area contributed by atoms with Gasteiger partial charge in [0.15, 0.2) is 0 Å². The Labute approximate surface area is 122 Å². The molecule has 1 aromatic rings. The number of thioether (sulfide) groups is 1. The topological polar surface area (TPSA) is 85.1 Å². The summed E-state index contributed by atoms with van der Waals surface area (Å²) in [4.78, 5) is 3.80. The van der Waals surface area contributed by atoms with Crippen LogP contribution in [0, 0.1) is 0 Å². The van der Waals surface area contributed by atoms with Gasteiger partial charge in [-0.15, -0.1) is 0 Å². The molecule has 1 aliphatic heterocycles. The summed E-state index contributed by atoms with van der Waals surface area (Å²) < 4.78 is 26.9. The van der Waals surface area contributed by atoms with Gasteiger partial charge in [0.2, 0.25) is 10.0 Å². The molecule has 1 fully saturated rings. The first-order valence-electron chi connectivity index (χ1n) is 5.87. The number of rotatable bonds is 4. The first-order chi connectivity index (χ1) is 8.82. The Kier molecular flexibility index (Phi) is 4.29. The molecule has 2 rings (SSSR count). The van der Waals surface area contributed by atoms with Gasteiger partial charge in [0, 0.05) is 17.5 Å². The minimum Gasteiger partial charge on any atom is -0.382 e. The molecule has 1 atom stereocenters. The van der Waals surface area contributed by atoms with Crippen LogP contribution in [0.3, 0.4) is 0 Å². The van der Waals surface area contributed by atoms with Gasteiger partial charge in [0.05, 0.1) is 5.02 Å². The zero-order valence-electron chi connectivity index (χ0n) is 10.5. The number of anilines is 1. The van der Waals surface area contributed by atoms with Crippen LogP contribution >= 0.6 is 23.4 Å². The number of nitrogens with two attached hydrogens (primary N) is 1. The monoisotopic (exact) mass is 321 g/mol. The quantitative estimate of drug-likeness (QED) is 0.884. The molecule has 19 heavy (non-hydrogen) atoms. The molecule has 0 spiro atoms. The third kappa shape index (κ3) is 3.53. The summed E-state index contributed by atoms with van der Waals surface area (Å²) in [7, 11) is -3.59. The highest BCUT2D eigenvalue weighted by atomic mass is 35.5. The lowest BCUT2D eigenvalue weighted by molar-refractivity contribution is 0.552. The first kappa shape index (κ1) is 14.9. The van der Waals surface area contributed by atoms with Crippen LogP contribution in [0.15, 0.2) is 17.2 Å². The van der Waals surface area contributed by atoms with Crippen molar-refractivity contribution in [1.82, 2.24) is 9.71 Å². The average Bonchev–Trinajstić information content (AvgIpc) is 2.78. The molecule has 106 valence electrons. The van der Waals surface area contributed by atoms with Crippen molar-refractivity contribution >= 4 is 39.2 Å². The maximum atomic E-state index is 12.1. The number of halogens is 1. The number of nitrogens with one attached hydrogen (secondary N) is 1. The number of pyridine rings is 1. The number of nitrogen functional groups attached to an aromatic ring is 1. The Morgan fingerprint density at radius 1 is 1.63 bits per heavy atom. The number of hydrogen-bond acceptors (Lipinski definition) is 5. The maximum absolute atomic E-state index is 12.1. The van der Waals surface area contributed by atoms with Gasteiger partial charge in [0.25, 0.3) is 0 Å². The lowest BCUT2D eigenvalue weighted by Crippen LogP contribution is -2.36. The summed E-state index contributed by atoms with van der Waals surface area (Å²) in [6.45, 7) is 2.48. The van der Waals surface area contributed by atoms with Gasteiger partial charge >= 0.3 is 0 Å². The molecule has 0 amide bonds. The third-order valence-corrected chi connectivity index (χ3v) is 6.30. The van der Waals surface area contributed by atoms with E-state index in [4.69, 9.17) is 17.3 Å². The van der Waals surface area contributed by atoms with Crippen molar-refractivity contribution in [3.8, 4) is 0 Å². The van der Waals surface area contributed by atoms with E-state index in [1.807, 2.05) is 0 Å². The summed E-state index contributed by atoms with van der Waals surface area (Å²) in [6.07, 6.45) is 3.35. The summed E-state index contributed by atoms with van der Waals surface area (Å²) >= 11 is 7.59. The van der Waals surface area contributed by atoms with Crippen molar-refractivity contribution in [2.24, 2.45) is 0 Å². The Bertz CT molecular complexity index is 571. The highest BCUT2D eigenvalue weighted by Gasteiger charge is 2.31. The smallest absolute Gasteiger partial charge is 0.242 e. The summed E-state index contributed by atoms with van der Waals surface area (Å²) in [6, 6.07) is 1.32. The zero-order chi connectivity index (χ0) is 14.1. The molecule has 0 radical (unpaired) electrons. The fourth-order valence-corrected chi connectivity index (χ4v) is 4.59. The van der Waals surface area contributed by atoms with Gasteiger partial charge < -0.3 is 5.73 Å². The molecule has 0 saturated carbocycles. The van der Waals surface area contributed by atoms with Gasteiger partial charge in [-0.2, -0.15) is 11.8 Å². The second kappa shape index (κ2) is 5.47. The van der Waals surface area contributed by atoms with Crippen molar-refractivity contribution in [3.05, 3.63) is 17.3 Å². The van der Waals surface area contributed by atoms with Crippen LogP contribution in [-0.4, -0.2) is 30.4 Å². The second-order valence-corrected chi connectivity index (χ2v) is 8.62. The fourth-order valence-electron chi connectivity index (χ4n) is 1.89. The predicted molar refractivity (Wildman–Crippen MR) is 78.9 cm³/mol. The summed E-state index contributed by atoms with van der Waals surface area (Å²) in [5, 5.41) is 0.143. The third-order valence-electron chi connectivity index (χ3n) is 3.09. The zero-order valence-corrected chi connectivity index (χ0v) is 12.9. The van der Waals surface area contributed by atoms with Crippen molar-refractivity contribution in [3.63, 3.8) is 0 Å². The highest BCUT2D eigenvalue weighted by Crippen LogP contribution is 2.37. The van der Waals surface area contributed by atoms with Crippen LogP contribution in [0.5, 0.6) is 0 Å². The molecule has 3 N–H and O–H groups in total. The van der Waals surface area contributed by atoms with Crippen LogP contribution in [0.25, 0.3) is 0 Å². The van der Waals surface area contributed by atoms with E-state index in [-0.39, 0.29) is 20.5 Å². The minimum atomic E-state index is -3.59. The lowest BCUT2D eigenvalue weighted by Gasteiger charge is -2.22. The van der Waals surface area contributed by atoms with E-state index in [0.29, 0.717) is 6.54 Å². The van der Waals surface area contributed by atoms with Gasteiger partial charge in [-0.25, -0.2) is 18.1 Å². The minimum absolute atomic E-state index is 0.0297. The Hall–Kier alpha value is -0.500. The molecule has 1 aliphatic rings. The number of aromatic nitrogens is 1. The van der Waals surface area contributed by atoms with Crippen molar-refractivity contribution in [1.29, 1.82) is 0 Å². The van der Waals surface area contributed by atoms with Crippen molar-refractivity contribution in [2.75, 3.05) is 18.0 Å². The summed E-state index contributed by atoms with van der Waals surface area (Å²) in [5.74, 6) is 1.20. The highest BCUT2D eigenvalue weighted by molar-refractivity contribution is 8.01. The molecule has 8 heteroatoms. The van der Waals surface area contributed by atoms with Crippen LogP contribution in [0.4, 0.5) is 5.82 Å². The Morgan fingerprint density at radius 3 is 2.95 bits per heavy atom. The maximum Gasteiger partial charge on any atom is 0.242 e. The van der Waals surface area contributed by atoms with Gasteiger partial charge in [-0.3, -0.25) is 0 Å². The Balaban J connectivity index is 2.11. The van der Waals surface area contributed by atoms with Crippen LogP contribution in [0.1, 0.15) is 19.8 Å². The molecule has 0 aromatic carbocycles. The number of hydrogen-bond donors (Lipinski definition) is 2. The lowest BCUT2D eigenvalue weighted by atomic mass is 10.1. The van der Waals surface area contributed by atoms with E-state index in [0.717, 1.165) is 18.6 Å². The molecule has 0 bridgehead atoms. The van der Waals surface area contributed by atoms with E-state index < -0.39 is 10.0 Å². The van der Waals surface area contributed by atoms with E-state index in [1.54, 1.807) is 11.8 Å². The molecule has 0 aliphatic carbocycles. The van der Waals surface area contributed by atoms with Crippen LogP contribution in [0.2, 0.25) is 5.02 Å². The van der Waals surface area contributed by atoms with Gasteiger partial charge in [-0.05, 0) is 31.6 Å². The van der Waals surface area contributed by atoms with Gasteiger partial charge in [0.1, 0.15) is 10.7 Å². The van der Waals surface area contributed by atoms with E-state index in [1.165, 1.54) is 12.3 Å². The SMILES string of the molecule is CC1(CNS(=O)(=O)c2cnc(N)c(Cl)c2)CCCS1. The van der Waals surface area contributed by atoms with E-state index in [2.05, 4.69) is 16.6 Å². The fraction of sp³-hybridized carbons (Fsp3) is 0.545. The van der Waals surface area contributed by atoms with Crippen molar-refractivity contribution < 1.29 is 8.42 Å². The largest absolute Gasteiger partial charge is 0.382 e. The first-order valence-corrected chi connectivity index (χ1v) is 8.72. The average molecular weight is 322 g/mol. The molecule has 1 saturated heterocycles. The van der Waals surface area contributed by atoms with Crippen LogP contribution in [-0.2, 0) is 10.0 Å². The van der Waals surface area contributed by atoms with E-state index >= 15 is 0 Å². The molecule has 1 unspecified atom stereocenters. The standard InChI is InChI=1S/C11H16ClN3O2S2/c1-11(3-2-4-18-11)7-15-19(16,17)8-5-9(12)10(13)14-6-8/h5-6,15H,2-4,7H2,1H3,(H2,13,14). The number of nitrogens with zero attached hydrogens (tertiary/aromatic N) is 1. The Morgan fingerprint density at radius 2 is 2.37 bits per heavy atom. The molecular weight excluding hydrogens is 306 g/mol. The molecule has 2 heterocycles. The predicted octanol–water partition coefficient (Wildman–Crippen LogP) is 1.88. The molecular formula is C11H16ClN3O2S2.